The van der Waals surface area contributed by atoms with E-state index in [1.54, 1.807) is 0 Å². The first kappa shape index (κ1) is 18.0. The molecular weight excluding hydrogens is 342 g/mol. The zero-order valence-electron chi connectivity index (χ0n) is 16.0. The van der Waals surface area contributed by atoms with Crippen molar-refractivity contribution in [3.8, 4) is 0 Å². The van der Waals surface area contributed by atoms with E-state index in [-0.39, 0.29) is 17.9 Å². The van der Waals surface area contributed by atoms with Gasteiger partial charge in [0.15, 0.2) is 0 Å². The first-order valence-electron chi connectivity index (χ1n) is 9.82. The molecule has 0 bridgehead atoms. The minimum Gasteiger partial charge on any atom is -0.463 e. The number of fused-ring (bicyclic) bond motifs is 1. The Morgan fingerprint density at radius 2 is 2.11 bits per heavy atom. The molecule has 144 valence electrons. The maximum Gasteiger partial charge on any atom is 0.255 e. The second kappa shape index (κ2) is 7.35. The zero-order chi connectivity index (χ0) is 19.0. The van der Waals surface area contributed by atoms with Crippen LogP contribution in [-0.4, -0.2) is 59.9 Å². The summed E-state index contributed by atoms with van der Waals surface area (Å²) < 4.78 is 5.51. The SMILES string of the molecule is Cc1ccc2occ(C(=O)N[C@H]3CCN(CC(=O)N4CCC[C@H]4C)C3)c2c1. The molecule has 0 spiro atoms. The molecule has 3 heterocycles. The summed E-state index contributed by atoms with van der Waals surface area (Å²) in [6.07, 6.45) is 4.60. The lowest BCUT2D eigenvalue weighted by Crippen LogP contribution is -2.42. The number of aryl methyl sites for hydroxylation is 1. The number of furan rings is 1. The minimum atomic E-state index is -0.106. The predicted molar refractivity (Wildman–Crippen MR) is 104 cm³/mol. The van der Waals surface area contributed by atoms with Crippen LogP contribution in [0.25, 0.3) is 11.0 Å². The highest BCUT2D eigenvalue weighted by Gasteiger charge is 2.30. The third-order valence-electron chi connectivity index (χ3n) is 5.81. The fourth-order valence-corrected chi connectivity index (χ4v) is 4.26. The van der Waals surface area contributed by atoms with Crippen molar-refractivity contribution >= 4 is 22.8 Å². The van der Waals surface area contributed by atoms with E-state index in [9.17, 15) is 9.59 Å². The van der Waals surface area contributed by atoms with Crippen LogP contribution in [0.4, 0.5) is 0 Å². The summed E-state index contributed by atoms with van der Waals surface area (Å²) in [5.74, 6) is 0.106. The van der Waals surface area contributed by atoms with E-state index in [1.807, 2.05) is 30.0 Å². The zero-order valence-corrected chi connectivity index (χ0v) is 16.0. The van der Waals surface area contributed by atoms with Gasteiger partial charge < -0.3 is 14.6 Å². The average Bonchev–Trinajstić information content (AvgIpc) is 3.34. The van der Waals surface area contributed by atoms with E-state index in [0.29, 0.717) is 24.7 Å². The molecule has 2 aromatic rings. The third kappa shape index (κ3) is 3.72. The van der Waals surface area contributed by atoms with Crippen molar-refractivity contribution in [1.29, 1.82) is 0 Å². The third-order valence-corrected chi connectivity index (χ3v) is 5.81. The molecule has 6 nitrogen and oxygen atoms in total. The second-order valence-electron chi connectivity index (χ2n) is 7.92. The van der Waals surface area contributed by atoms with Crippen molar-refractivity contribution in [2.45, 2.75) is 45.2 Å². The Morgan fingerprint density at radius 3 is 2.89 bits per heavy atom. The van der Waals surface area contributed by atoms with Crippen molar-refractivity contribution in [3.63, 3.8) is 0 Å². The predicted octanol–water partition coefficient (Wildman–Crippen LogP) is 2.56. The maximum atomic E-state index is 12.7. The number of nitrogens with zero attached hydrogens (tertiary/aromatic N) is 2. The standard InChI is InChI=1S/C21H27N3O3/c1-14-5-6-19-17(10-14)18(13-27-19)21(26)22-16-7-9-23(11-16)12-20(25)24-8-3-4-15(24)2/h5-6,10,13,15-16H,3-4,7-9,11-12H2,1-2H3,(H,22,26)/t15-,16+/m1/s1. The van der Waals surface area contributed by atoms with Gasteiger partial charge >= 0.3 is 0 Å². The maximum absolute atomic E-state index is 12.7. The van der Waals surface area contributed by atoms with Gasteiger partial charge in [0, 0.05) is 37.1 Å². The minimum absolute atomic E-state index is 0.0658. The van der Waals surface area contributed by atoms with E-state index in [2.05, 4.69) is 17.1 Å². The molecule has 1 N–H and O–H groups in total. The van der Waals surface area contributed by atoms with Crippen LogP contribution in [0.3, 0.4) is 0 Å². The lowest BCUT2D eigenvalue weighted by molar-refractivity contribution is -0.132. The number of hydrogen-bond acceptors (Lipinski definition) is 4. The van der Waals surface area contributed by atoms with Crippen molar-refractivity contribution in [3.05, 3.63) is 35.6 Å². The molecule has 2 aliphatic heterocycles. The Bertz CT molecular complexity index is 859. The lowest BCUT2D eigenvalue weighted by Gasteiger charge is -2.24. The van der Waals surface area contributed by atoms with Crippen LogP contribution in [0.5, 0.6) is 0 Å². The number of nitrogens with one attached hydrogen (secondary N) is 1. The summed E-state index contributed by atoms with van der Waals surface area (Å²) in [7, 11) is 0. The quantitative estimate of drug-likeness (QED) is 0.900. The van der Waals surface area contributed by atoms with E-state index in [0.717, 1.165) is 48.9 Å². The summed E-state index contributed by atoms with van der Waals surface area (Å²) in [5.41, 5.74) is 2.40. The molecule has 2 saturated heterocycles. The van der Waals surface area contributed by atoms with Crippen LogP contribution in [0.1, 0.15) is 42.1 Å². The highest BCUT2D eigenvalue weighted by atomic mass is 16.3. The number of rotatable bonds is 4. The van der Waals surface area contributed by atoms with Gasteiger partial charge in [0.1, 0.15) is 11.8 Å². The van der Waals surface area contributed by atoms with Gasteiger partial charge in [-0.1, -0.05) is 11.6 Å². The summed E-state index contributed by atoms with van der Waals surface area (Å²) in [5, 5.41) is 3.96. The van der Waals surface area contributed by atoms with Crippen molar-refractivity contribution in [1.82, 2.24) is 15.1 Å². The molecule has 1 aromatic heterocycles. The van der Waals surface area contributed by atoms with Gasteiger partial charge in [0.05, 0.1) is 12.1 Å². The molecule has 4 rings (SSSR count). The van der Waals surface area contributed by atoms with Crippen molar-refractivity contribution in [2.75, 3.05) is 26.2 Å². The number of carbonyl (C=O) groups excluding carboxylic acids is 2. The molecule has 27 heavy (non-hydrogen) atoms. The summed E-state index contributed by atoms with van der Waals surface area (Å²) in [6.45, 7) is 7.00. The topological polar surface area (TPSA) is 65.8 Å². The Morgan fingerprint density at radius 1 is 1.26 bits per heavy atom. The van der Waals surface area contributed by atoms with Gasteiger partial charge in [0.2, 0.25) is 5.91 Å². The van der Waals surface area contributed by atoms with E-state index in [4.69, 9.17) is 4.42 Å². The number of amides is 2. The summed E-state index contributed by atoms with van der Waals surface area (Å²) in [6, 6.07) is 6.26. The fraction of sp³-hybridized carbons (Fsp3) is 0.524. The van der Waals surface area contributed by atoms with Gasteiger partial charge in [-0.2, -0.15) is 0 Å². The Kier molecular flexibility index (Phi) is 4.91. The molecule has 0 aliphatic carbocycles. The smallest absolute Gasteiger partial charge is 0.255 e. The van der Waals surface area contributed by atoms with Crippen molar-refractivity contribution < 1.29 is 14.0 Å². The molecule has 2 fully saturated rings. The number of likely N-dealkylation sites (tertiary alicyclic amines) is 2. The van der Waals surface area contributed by atoms with Gasteiger partial charge in [0.25, 0.3) is 5.91 Å². The van der Waals surface area contributed by atoms with Crippen LogP contribution in [0.2, 0.25) is 0 Å². The van der Waals surface area contributed by atoms with E-state index in [1.165, 1.54) is 6.26 Å². The van der Waals surface area contributed by atoms with Gasteiger partial charge in [-0.15, -0.1) is 0 Å². The highest BCUT2D eigenvalue weighted by molar-refractivity contribution is 6.06. The molecule has 2 amide bonds. The molecule has 0 unspecified atom stereocenters. The van der Waals surface area contributed by atoms with Crippen LogP contribution < -0.4 is 5.32 Å². The van der Waals surface area contributed by atoms with Crippen molar-refractivity contribution in [2.24, 2.45) is 0 Å². The summed E-state index contributed by atoms with van der Waals surface area (Å²) in [4.78, 5) is 29.3. The largest absolute Gasteiger partial charge is 0.463 e. The molecule has 1 aromatic carbocycles. The Balaban J connectivity index is 1.34. The number of carbonyl (C=O) groups is 2. The monoisotopic (exact) mass is 369 g/mol. The first-order valence-corrected chi connectivity index (χ1v) is 9.82. The lowest BCUT2D eigenvalue weighted by atomic mass is 10.1. The molecule has 2 aliphatic rings. The second-order valence-corrected chi connectivity index (χ2v) is 7.92. The van der Waals surface area contributed by atoms with Crippen LogP contribution in [0.15, 0.2) is 28.9 Å². The number of benzene rings is 1. The van der Waals surface area contributed by atoms with Gasteiger partial charge in [-0.25, -0.2) is 0 Å². The van der Waals surface area contributed by atoms with Crippen LogP contribution in [-0.2, 0) is 4.79 Å². The van der Waals surface area contributed by atoms with Gasteiger partial charge in [-0.05, 0) is 45.2 Å². The highest BCUT2D eigenvalue weighted by Crippen LogP contribution is 2.23. The average molecular weight is 369 g/mol. The van der Waals surface area contributed by atoms with E-state index >= 15 is 0 Å². The van der Waals surface area contributed by atoms with Gasteiger partial charge in [-0.3, -0.25) is 14.5 Å². The Labute approximate surface area is 159 Å². The summed E-state index contributed by atoms with van der Waals surface area (Å²) >= 11 is 0. The molecular formula is C21H27N3O3. The normalized spacial score (nSPS) is 23.3. The Hall–Kier alpha value is -2.34. The van der Waals surface area contributed by atoms with Crippen LogP contribution >= 0.6 is 0 Å². The van der Waals surface area contributed by atoms with Crippen LogP contribution in [0, 0.1) is 6.92 Å². The fourth-order valence-electron chi connectivity index (χ4n) is 4.26. The molecule has 2 atom stereocenters. The molecule has 0 radical (unpaired) electrons. The number of hydrogen-bond donors (Lipinski definition) is 1. The molecule has 6 heteroatoms. The molecule has 0 saturated carbocycles. The first-order chi connectivity index (χ1) is 13.0. The van der Waals surface area contributed by atoms with E-state index < -0.39 is 0 Å².